The quantitative estimate of drug-likeness (QED) is 0.270. The summed E-state index contributed by atoms with van der Waals surface area (Å²) in [6.45, 7) is 2.41. The lowest BCUT2D eigenvalue weighted by atomic mass is 10.1. The van der Waals surface area contributed by atoms with Crippen molar-refractivity contribution in [2.24, 2.45) is 5.92 Å². The summed E-state index contributed by atoms with van der Waals surface area (Å²) in [5, 5.41) is 10.2. The van der Waals surface area contributed by atoms with Crippen molar-refractivity contribution in [1.29, 1.82) is 0 Å². The van der Waals surface area contributed by atoms with Crippen LogP contribution in [0.5, 0.6) is 0 Å². The van der Waals surface area contributed by atoms with Crippen LogP contribution in [0.15, 0.2) is 0 Å². The molecule has 0 spiro atoms. The highest BCUT2D eigenvalue weighted by molar-refractivity contribution is 5.95. The van der Waals surface area contributed by atoms with Crippen LogP contribution in [0.1, 0.15) is 13.8 Å². The minimum Gasteiger partial charge on any atom is -0.465 e. The van der Waals surface area contributed by atoms with Crippen molar-refractivity contribution in [3.63, 3.8) is 0 Å². The molecule has 7 heteroatoms. The Morgan fingerprint density at radius 1 is 1.20 bits per heavy atom. The van der Waals surface area contributed by atoms with Crippen LogP contribution in [0.4, 0.5) is 0 Å². The van der Waals surface area contributed by atoms with Gasteiger partial charge in [-0.3, -0.25) is 19.7 Å². The first-order valence-corrected chi connectivity index (χ1v) is 4.48. The summed E-state index contributed by atoms with van der Waals surface area (Å²) in [5.74, 6) is -3.32. The van der Waals surface area contributed by atoms with E-state index in [-0.39, 0.29) is 13.2 Å². The molecule has 0 aromatic carbocycles. The molecule has 0 heterocycles. The van der Waals surface area contributed by atoms with E-state index < -0.39 is 29.3 Å². The average molecular weight is 219 g/mol. The van der Waals surface area contributed by atoms with E-state index >= 15 is 0 Å². The van der Waals surface area contributed by atoms with E-state index in [1.54, 1.807) is 13.8 Å². The summed E-state index contributed by atoms with van der Waals surface area (Å²) in [4.78, 5) is 31.8. The van der Waals surface area contributed by atoms with E-state index in [9.17, 15) is 19.7 Å². The molecule has 0 N–H and O–H groups in total. The number of carbonyl (C=O) groups is 2. The second-order valence-corrected chi connectivity index (χ2v) is 2.57. The first kappa shape index (κ1) is 13.3. The Morgan fingerprint density at radius 2 is 1.60 bits per heavy atom. The van der Waals surface area contributed by atoms with Gasteiger partial charge in [-0.05, 0) is 13.8 Å². The Balaban J connectivity index is 4.49. The van der Waals surface area contributed by atoms with Gasteiger partial charge in [0.1, 0.15) is 0 Å². The van der Waals surface area contributed by atoms with Crippen LogP contribution in [-0.4, -0.2) is 36.6 Å². The van der Waals surface area contributed by atoms with Crippen LogP contribution in [0, 0.1) is 16.0 Å². The number of carbonyl (C=O) groups excluding carboxylic acids is 2. The van der Waals surface area contributed by atoms with E-state index in [0.717, 1.165) is 0 Å². The Hall–Kier alpha value is -1.66. The molecule has 86 valence electrons. The molecule has 7 nitrogen and oxygen atoms in total. The molecule has 0 amide bonds. The van der Waals surface area contributed by atoms with Crippen molar-refractivity contribution in [2.45, 2.75) is 13.8 Å². The molecule has 0 unspecified atom stereocenters. The van der Waals surface area contributed by atoms with Gasteiger partial charge in [0.2, 0.25) is 12.5 Å². The van der Waals surface area contributed by atoms with Gasteiger partial charge in [0.25, 0.3) is 0 Å². The van der Waals surface area contributed by atoms with E-state index in [4.69, 9.17) is 0 Å². The Morgan fingerprint density at radius 3 is 1.87 bits per heavy atom. The molecule has 0 aromatic heterocycles. The lowest BCUT2D eigenvalue weighted by Gasteiger charge is -2.10. The van der Waals surface area contributed by atoms with Crippen LogP contribution in [0.25, 0.3) is 0 Å². The Bertz CT molecular complexity index is 234. The van der Waals surface area contributed by atoms with E-state index in [1.807, 2.05) is 0 Å². The van der Waals surface area contributed by atoms with Gasteiger partial charge in [-0.1, -0.05) is 0 Å². The van der Waals surface area contributed by atoms with Crippen molar-refractivity contribution < 1.29 is 24.0 Å². The smallest absolute Gasteiger partial charge is 0.327 e. The topological polar surface area (TPSA) is 95.7 Å². The SMILES string of the molecule is CCOC(=O)C(C[N+](=O)[O-])C(=O)OCC. The number of esters is 2. The summed E-state index contributed by atoms with van der Waals surface area (Å²) < 4.78 is 9.06. The Kier molecular flexibility index (Phi) is 6.00. The molecule has 0 saturated carbocycles. The predicted octanol–water partition coefficient (Wildman–Crippen LogP) is 0.00550. The second-order valence-electron chi connectivity index (χ2n) is 2.57. The first-order valence-electron chi connectivity index (χ1n) is 4.48. The molecule has 0 bridgehead atoms. The summed E-state index contributed by atoms with van der Waals surface area (Å²) in [7, 11) is 0. The first-order chi connectivity index (χ1) is 7.02. The number of hydrogen-bond donors (Lipinski definition) is 0. The van der Waals surface area contributed by atoms with Crippen molar-refractivity contribution in [3.8, 4) is 0 Å². The van der Waals surface area contributed by atoms with Gasteiger partial charge in [0, 0.05) is 4.92 Å². The zero-order chi connectivity index (χ0) is 11.8. The molecule has 0 radical (unpaired) electrons. The number of ether oxygens (including phenoxy) is 2. The zero-order valence-corrected chi connectivity index (χ0v) is 8.60. The maximum Gasteiger partial charge on any atom is 0.327 e. The molecule has 0 aliphatic heterocycles. The molecular weight excluding hydrogens is 206 g/mol. The molecule has 0 saturated heterocycles. The third-order valence-corrected chi connectivity index (χ3v) is 1.47. The Labute approximate surface area is 86.5 Å². The largest absolute Gasteiger partial charge is 0.465 e. The number of rotatable bonds is 6. The fourth-order valence-electron chi connectivity index (χ4n) is 0.880. The minimum absolute atomic E-state index is 0.0620. The van der Waals surface area contributed by atoms with Gasteiger partial charge >= 0.3 is 11.9 Å². The standard InChI is InChI=1S/C8H13NO6/c1-3-14-7(10)6(5-9(12)13)8(11)15-4-2/h6H,3-5H2,1-2H3. The van der Waals surface area contributed by atoms with Crippen LogP contribution in [0.3, 0.4) is 0 Å². The van der Waals surface area contributed by atoms with E-state index in [2.05, 4.69) is 9.47 Å². The number of hydrogen-bond acceptors (Lipinski definition) is 6. The monoisotopic (exact) mass is 219 g/mol. The lowest BCUT2D eigenvalue weighted by molar-refractivity contribution is -0.484. The van der Waals surface area contributed by atoms with Gasteiger partial charge in [-0.2, -0.15) is 0 Å². The zero-order valence-electron chi connectivity index (χ0n) is 8.60. The highest BCUT2D eigenvalue weighted by atomic mass is 16.6. The minimum atomic E-state index is -1.47. The van der Waals surface area contributed by atoms with E-state index in [0.29, 0.717) is 0 Å². The lowest BCUT2D eigenvalue weighted by Crippen LogP contribution is -2.33. The molecular formula is C8H13NO6. The van der Waals surface area contributed by atoms with Crippen molar-refractivity contribution in [1.82, 2.24) is 0 Å². The molecule has 15 heavy (non-hydrogen) atoms. The van der Waals surface area contributed by atoms with E-state index in [1.165, 1.54) is 0 Å². The maximum atomic E-state index is 11.2. The summed E-state index contributed by atoms with van der Waals surface area (Å²) in [5.41, 5.74) is 0. The molecule has 0 atom stereocenters. The maximum absolute atomic E-state index is 11.2. The van der Waals surface area contributed by atoms with Crippen LogP contribution < -0.4 is 0 Å². The van der Waals surface area contributed by atoms with Gasteiger partial charge in [0.05, 0.1) is 13.2 Å². The highest BCUT2D eigenvalue weighted by Crippen LogP contribution is 2.04. The molecule has 0 aromatic rings. The third-order valence-electron chi connectivity index (χ3n) is 1.47. The fraction of sp³-hybridized carbons (Fsp3) is 0.750. The van der Waals surface area contributed by atoms with Crippen LogP contribution >= 0.6 is 0 Å². The van der Waals surface area contributed by atoms with Gasteiger partial charge < -0.3 is 9.47 Å². The molecule has 0 fully saturated rings. The van der Waals surface area contributed by atoms with Crippen molar-refractivity contribution in [3.05, 3.63) is 10.1 Å². The second kappa shape index (κ2) is 6.74. The third kappa shape index (κ3) is 4.94. The average Bonchev–Trinajstić information content (AvgIpc) is 2.14. The number of nitrogens with zero attached hydrogens (tertiary/aromatic N) is 1. The normalized spacial score (nSPS) is 9.80. The number of nitro groups is 1. The van der Waals surface area contributed by atoms with Crippen LogP contribution in [0.2, 0.25) is 0 Å². The van der Waals surface area contributed by atoms with Crippen LogP contribution in [-0.2, 0) is 19.1 Å². The van der Waals surface area contributed by atoms with Crippen molar-refractivity contribution in [2.75, 3.05) is 19.8 Å². The van der Waals surface area contributed by atoms with Gasteiger partial charge in [-0.25, -0.2) is 0 Å². The molecule has 0 aliphatic carbocycles. The summed E-state index contributed by atoms with van der Waals surface area (Å²) in [6.07, 6.45) is 0. The predicted molar refractivity (Wildman–Crippen MR) is 48.6 cm³/mol. The molecule has 0 aliphatic rings. The highest BCUT2D eigenvalue weighted by Gasteiger charge is 2.34. The van der Waals surface area contributed by atoms with Gasteiger partial charge in [-0.15, -0.1) is 0 Å². The fourth-order valence-corrected chi connectivity index (χ4v) is 0.880. The van der Waals surface area contributed by atoms with Crippen molar-refractivity contribution >= 4 is 11.9 Å². The molecule has 0 rings (SSSR count). The summed E-state index contributed by atoms with van der Waals surface area (Å²) >= 11 is 0. The summed E-state index contributed by atoms with van der Waals surface area (Å²) in [6, 6.07) is 0. The van der Waals surface area contributed by atoms with Gasteiger partial charge in [0.15, 0.2) is 0 Å².